The summed E-state index contributed by atoms with van der Waals surface area (Å²) in [5.41, 5.74) is 7.21. The maximum atomic E-state index is 3.14. The van der Waals surface area contributed by atoms with E-state index in [-0.39, 0.29) is 35.7 Å². The van der Waals surface area contributed by atoms with Crippen LogP contribution in [0, 0.1) is 33.8 Å². The third-order valence-electron chi connectivity index (χ3n) is 5.42. The van der Waals surface area contributed by atoms with Crippen molar-refractivity contribution in [3.63, 3.8) is 0 Å². The molecular formula is C29H35SiZr. The van der Waals surface area contributed by atoms with Gasteiger partial charge in [-0.05, 0) is 0 Å². The van der Waals surface area contributed by atoms with Crippen molar-refractivity contribution >= 4 is 19.9 Å². The molecule has 0 N–H and O–H groups in total. The van der Waals surface area contributed by atoms with Crippen LogP contribution in [0.2, 0.25) is 0 Å². The fourth-order valence-electron chi connectivity index (χ4n) is 3.33. The Morgan fingerprint density at radius 1 is 0.903 bits per heavy atom. The first kappa shape index (κ1) is 27.4. The summed E-state index contributed by atoms with van der Waals surface area (Å²) in [7, 11) is 0.271. The molecule has 0 atom stereocenters. The van der Waals surface area contributed by atoms with Crippen LogP contribution in [0.1, 0.15) is 48.4 Å². The summed E-state index contributed by atoms with van der Waals surface area (Å²) in [6.45, 7) is 10.9. The van der Waals surface area contributed by atoms with Crippen LogP contribution in [0.3, 0.4) is 0 Å². The second-order valence-electron chi connectivity index (χ2n) is 7.81. The van der Waals surface area contributed by atoms with Crippen molar-refractivity contribution in [2.24, 2.45) is 0 Å². The van der Waals surface area contributed by atoms with Gasteiger partial charge in [-0.3, -0.25) is 6.08 Å². The van der Waals surface area contributed by atoms with Gasteiger partial charge in [0.25, 0.3) is 0 Å². The van der Waals surface area contributed by atoms with E-state index >= 15 is 0 Å². The molecule has 0 nitrogen and oxygen atoms in total. The van der Waals surface area contributed by atoms with Crippen LogP contribution >= 0.6 is 0 Å². The van der Waals surface area contributed by atoms with Crippen molar-refractivity contribution in [3.8, 4) is 0 Å². The first-order valence-electron chi connectivity index (χ1n) is 10.9. The molecule has 3 aromatic carbocycles. The van der Waals surface area contributed by atoms with Crippen molar-refractivity contribution < 1.29 is 26.2 Å². The molecule has 1 aliphatic rings. The molecule has 0 fully saturated rings. The van der Waals surface area contributed by atoms with Crippen LogP contribution in [-0.4, -0.2) is 9.52 Å². The molecule has 1 radical (unpaired) electrons. The molecule has 4 rings (SSSR count). The minimum Gasteiger partial charge on any atom is -0.273 e. The van der Waals surface area contributed by atoms with Gasteiger partial charge in [-0.1, -0.05) is 118 Å². The zero-order chi connectivity index (χ0) is 21.8. The van der Waals surface area contributed by atoms with Crippen LogP contribution < -0.4 is 10.4 Å². The summed E-state index contributed by atoms with van der Waals surface area (Å²) in [6, 6.07) is 23.6. The van der Waals surface area contributed by atoms with Gasteiger partial charge in [0, 0.05) is 0 Å². The molecule has 0 saturated heterocycles. The van der Waals surface area contributed by atoms with Crippen molar-refractivity contribution in [1.82, 2.24) is 0 Å². The third-order valence-corrected chi connectivity index (χ3v) is 6.86. The first-order chi connectivity index (χ1) is 14.5. The quantitative estimate of drug-likeness (QED) is 0.295. The van der Waals surface area contributed by atoms with E-state index in [4.69, 9.17) is 0 Å². The molecule has 0 saturated carbocycles. The molecule has 0 bridgehead atoms. The van der Waals surface area contributed by atoms with Crippen molar-refractivity contribution in [1.29, 1.82) is 0 Å². The molecule has 31 heavy (non-hydrogen) atoms. The summed E-state index contributed by atoms with van der Waals surface area (Å²) in [5.74, 6) is 0. The predicted molar refractivity (Wildman–Crippen MR) is 136 cm³/mol. The number of aryl methyl sites for hydroxylation is 2. The smallest absolute Gasteiger partial charge is 0.273 e. The Labute approximate surface area is 211 Å². The van der Waals surface area contributed by atoms with Gasteiger partial charge in [-0.2, -0.15) is 34.4 Å². The van der Waals surface area contributed by atoms with Gasteiger partial charge in [0.2, 0.25) is 0 Å². The topological polar surface area (TPSA) is 0 Å². The van der Waals surface area contributed by atoms with Gasteiger partial charge in [-0.25, -0.2) is 11.6 Å². The first-order valence-corrected chi connectivity index (χ1v) is 12.1. The number of hydrogen-bond donors (Lipinski definition) is 0. The Bertz CT molecular complexity index is 874. The zero-order valence-electron chi connectivity index (χ0n) is 19.7. The molecule has 0 unspecified atom stereocenters. The average Bonchev–Trinajstić information content (AvgIpc) is 3.35. The van der Waals surface area contributed by atoms with E-state index in [1.54, 1.807) is 0 Å². The summed E-state index contributed by atoms with van der Waals surface area (Å²) >= 11 is 0. The number of rotatable bonds is 4. The third kappa shape index (κ3) is 10.0. The van der Waals surface area contributed by atoms with Gasteiger partial charge in [0.05, 0.1) is 0 Å². The fraction of sp³-hybridized carbons (Fsp3) is 0.276. The zero-order valence-corrected chi connectivity index (χ0v) is 23.3. The van der Waals surface area contributed by atoms with Crippen LogP contribution in [0.25, 0.3) is 0 Å². The monoisotopic (exact) mass is 501 g/mol. The van der Waals surface area contributed by atoms with E-state index in [1.807, 2.05) is 0 Å². The molecule has 0 aromatic heterocycles. The second kappa shape index (κ2) is 15.2. The molecule has 1 aliphatic carbocycles. The van der Waals surface area contributed by atoms with Gasteiger partial charge >= 0.3 is 26.2 Å². The van der Waals surface area contributed by atoms with E-state index < -0.39 is 0 Å². The van der Waals surface area contributed by atoms with Gasteiger partial charge in [0.1, 0.15) is 9.52 Å². The number of hydrogen-bond acceptors (Lipinski definition) is 0. The SMILES string of the molecule is CCCC1=CC[C-]=C1.Cc1c[c-](C)c(C)c1C.[Zr+2].c1ccc([SiH]c2ccccc2)cc1. The molecule has 2 heteroatoms. The Kier molecular flexibility index (Phi) is 13.5. The van der Waals surface area contributed by atoms with E-state index in [0.29, 0.717) is 0 Å². The molecule has 0 amide bonds. The van der Waals surface area contributed by atoms with E-state index in [1.165, 1.54) is 51.0 Å². The maximum absolute atomic E-state index is 3.14. The summed E-state index contributed by atoms with van der Waals surface area (Å²) in [6.07, 6.45) is 11.0. The molecule has 0 spiro atoms. The van der Waals surface area contributed by atoms with Crippen LogP contribution in [0.5, 0.6) is 0 Å². The molecule has 0 heterocycles. The maximum Gasteiger partial charge on any atom is 2.00 e. The Balaban J connectivity index is 0.000000238. The normalized spacial score (nSPS) is 11.5. The minimum atomic E-state index is 0. The van der Waals surface area contributed by atoms with Gasteiger partial charge in [0.15, 0.2) is 0 Å². The van der Waals surface area contributed by atoms with Crippen molar-refractivity contribution in [2.45, 2.75) is 53.9 Å². The van der Waals surface area contributed by atoms with Gasteiger partial charge in [-0.15, -0.1) is 6.42 Å². The van der Waals surface area contributed by atoms with Crippen molar-refractivity contribution in [3.05, 3.63) is 113 Å². The number of allylic oxidation sites excluding steroid dienone is 4. The fourth-order valence-corrected chi connectivity index (χ4v) is 4.54. The van der Waals surface area contributed by atoms with E-state index in [0.717, 1.165) is 6.42 Å². The minimum absolute atomic E-state index is 0. The van der Waals surface area contributed by atoms with Gasteiger partial charge < -0.3 is 0 Å². The van der Waals surface area contributed by atoms with E-state index in [2.05, 4.69) is 120 Å². The molecular weight excluding hydrogens is 468 g/mol. The van der Waals surface area contributed by atoms with Crippen LogP contribution in [0.4, 0.5) is 0 Å². The largest absolute Gasteiger partial charge is 2.00 e. The molecule has 159 valence electrons. The summed E-state index contributed by atoms with van der Waals surface area (Å²) in [5, 5.41) is 2.90. The molecule has 3 aromatic rings. The Morgan fingerprint density at radius 3 is 1.77 bits per heavy atom. The number of benzene rings is 2. The standard InChI is InChI=1S/C12H11Si.C9H13.C8H11.Zr/c1-3-7-11(8-4-1)13-12-9-5-2-6-10-12;1-6-5-7(2)9(4)8(6)3;1-2-5-8-6-3-4-7-8;/h1-10,13H;5H,1-4H3;6-7H,2-3,5H2,1H3;/q;2*-1;+2. The van der Waals surface area contributed by atoms with Crippen LogP contribution in [0.15, 0.2) is 84.5 Å². The van der Waals surface area contributed by atoms with Crippen LogP contribution in [-0.2, 0) is 26.2 Å². The summed E-state index contributed by atoms with van der Waals surface area (Å²) in [4.78, 5) is 0. The Morgan fingerprint density at radius 2 is 1.45 bits per heavy atom. The average molecular weight is 503 g/mol. The predicted octanol–water partition coefficient (Wildman–Crippen LogP) is 6.19. The van der Waals surface area contributed by atoms with E-state index in [9.17, 15) is 0 Å². The van der Waals surface area contributed by atoms with Crippen molar-refractivity contribution in [2.75, 3.05) is 0 Å². The molecule has 0 aliphatic heterocycles. The second-order valence-corrected chi connectivity index (χ2v) is 9.43. The summed E-state index contributed by atoms with van der Waals surface area (Å²) < 4.78 is 0. The Hall–Kier alpha value is -1.63.